The van der Waals surface area contributed by atoms with E-state index < -0.39 is 6.10 Å². The van der Waals surface area contributed by atoms with Crippen LogP contribution in [0.15, 0.2) is 10.5 Å². The van der Waals surface area contributed by atoms with Crippen LogP contribution in [-0.4, -0.2) is 14.9 Å². The van der Waals surface area contributed by atoms with Crippen LogP contribution in [0.5, 0.6) is 0 Å². The molecule has 0 saturated heterocycles. The van der Waals surface area contributed by atoms with Gasteiger partial charge in [-0.15, -0.1) is 11.3 Å². The first kappa shape index (κ1) is 13.8. The van der Waals surface area contributed by atoms with Gasteiger partial charge < -0.3 is 5.11 Å². The lowest BCUT2D eigenvalue weighted by Gasteiger charge is -2.11. The Morgan fingerprint density at radius 1 is 1.44 bits per heavy atom. The molecule has 5 heteroatoms. The average Bonchev–Trinajstić information content (AvgIpc) is 2.73. The van der Waals surface area contributed by atoms with E-state index in [0.717, 1.165) is 21.4 Å². The molecule has 1 atom stereocenters. The molecule has 2 aromatic rings. The van der Waals surface area contributed by atoms with E-state index in [9.17, 15) is 5.11 Å². The summed E-state index contributed by atoms with van der Waals surface area (Å²) in [6.07, 6.45) is 0.107. The first-order chi connectivity index (χ1) is 8.40. The molecule has 98 valence electrons. The van der Waals surface area contributed by atoms with E-state index >= 15 is 0 Å². The molecule has 0 aliphatic heterocycles. The maximum Gasteiger partial charge on any atom is 0.0856 e. The number of aryl methyl sites for hydroxylation is 4. The van der Waals surface area contributed by atoms with Crippen LogP contribution in [0.25, 0.3) is 0 Å². The van der Waals surface area contributed by atoms with Gasteiger partial charge in [0.05, 0.1) is 22.0 Å². The summed E-state index contributed by atoms with van der Waals surface area (Å²) in [7, 11) is 1.91. The summed E-state index contributed by atoms with van der Waals surface area (Å²) < 4.78 is 2.82. The minimum atomic E-state index is -0.471. The maximum absolute atomic E-state index is 10.4. The van der Waals surface area contributed by atoms with E-state index in [0.29, 0.717) is 6.42 Å². The summed E-state index contributed by atoms with van der Waals surface area (Å²) in [4.78, 5) is 2.43. The number of rotatable bonds is 3. The fraction of sp³-hybridized carbons (Fsp3) is 0.462. The number of aliphatic hydroxyl groups excluding tert-OH is 1. The van der Waals surface area contributed by atoms with E-state index in [1.807, 2.05) is 18.7 Å². The summed E-state index contributed by atoms with van der Waals surface area (Å²) in [5, 5.41) is 14.7. The van der Waals surface area contributed by atoms with Gasteiger partial charge in [0.1, 0.15) is 0 Å². The third kappa shape index (κ3) is 2.53. The predicted molar refractivity (Wildman–Crippen MR) is 78.1 cm³/mol. The van der Waals surface area contributed by atoms with Gasteiger partial charge in [0.25, 0.3) is 0 Å². The Morgan fingerprint density at radius 2 is 2.11 bits per heavy atom. The summed E-state index contributed by atoms with van der Waals surface area (Å²) >= 11 is 5.26. The van der Waals surface area contributed by atoms with Gasteiger partial charge in [-0.3, -0.25) is 4.68 Å². The molecule has 18 heavy (non-hydrogen) atoms. The summed E-state index contributed by atoms with van der Waals surface area (Å²) in [5.74, 6) is 0. The molecule has 0 aliphatic rings. The van der Waals surface area contributed by atoms with E-state index in [1.165, 1.54) is 9.75 Å². The molecule has 0 spiro atoms. The topological polar surface area (TPSA) is 38.1 Å². The minimum Gasteiger partial charge on any atom is -0.388 e. The first-order valence-electron chi connectivity index (χ1n) is 5.83. The van der Waals surface area contributed by atoms with E-state index in [-0.39, 0.29) is 0 Å². The Morgan fingerprint density at radius 3 is 2.56 bits per heavy atom. The highest BCUT2D eigenvalue weighted by atomic mass is 79.9. The van der Waals surface area contributed by atoms with Crippen molar-refractivity contribution in [3.63, 3.8) is 0 Å². The normalized spacial score (nSPS) is 13.0. The standard InChI is InChI=1S/C13H17BrN2OS/c1-7-5-10(9(3)18-7)12(17)6-11-13(14)8(2)15-16(11)4/h5,12,17H,6H2,1-4H3. The molecule has 0 amide bonds. The number of aromatic nitrogens is 2. The number of thiophene rings is 1. The van der Waals surface area contributed by atoms with Gasteiger partial charge in [-0.25, -0.2) is 0 Å². The lowest BCUT2D eigenvalue weighted by Crippen LogP contribution is -2.07. The second-order valence-electron chi connectivity index (χ2n) is 4.56. The van der Waals surface area contributed by atoms with Crippen molar-refractivity contribution in [2.24, 2.45) is 7.05 Å². The fourth-order valence-corrected chi connectivity index (χ4v) is 3.66. The minimum absolute atomic E-state index is 0.471. The monoisotopic (exact) mass is 328 g/mol. The van der Waals surface area contributed by atoms with Crippen LogP contribution >= 0.6 is 27.3 Å². The molecule has 0 saturated carbocycles. The number of halogens is 1. The van der Waals surface area contributed by atoms with Gasteiger partial charge in [-0.1, -0.05) is 0 Å². The average molecular weight is 329 g/mol. The Hall–Kier alpha value is -0.650. The largest absolute Gasteiger partial charge is 0.388 e. The lowest BCUT2D eigenvalue weighted by molar-refractivity contribution is 0.175. The number of aliphatic hydroxyl groups is 1. The van der Waals surface area contributed by atoms with Crippen molar-refractivity contribution in [2.45, 2.75) is 33.3 Å². The van der Waals surface area contributed by atoms with Crippen molar-refractivity contribution in [1.82, 2.24) is 9.78 Å². The summed E-state index contributed by atoms with van der Waals surface area (Å²) in [5.41, 5.74) is 3.02. The van der Waals surface area contributed by atoms with E-state index in [2.05, 4.69) is 40.9 Å². The van der Waals surface area contributed by atoms with E-state index in [4.69, 9.17) is 0 Å². The quantitative estimate of drug-likeness (QED) is 0.937. The Balaban J connectivity index is 2.26. The smallest absolute Gasteiger partial charge is 0.0856 e. The zero-order valence-corrected chi connectivity index (χ0v) is 13.4. The third-order valence-corrected chi connectivity index (χ3v) is 5.10. The van der Waals surface area contributed by atoms with Crippen LogP contribution in [0.4, 0.5) is 0 Å². The number of nitrogens with zero attached hydrogens (tertiary/aromatic N) is 2. The summed E-state index contributed by atoms with van der Waals surface area (Å²) in [6.45, 7) is 6.08. The molecule has 0 radical (unpaired) electrons. The Labute approximate surface area is 120 Å². The number of hydrogen-bond acceptors (Lipinski definition) is 3. The van der Waals surface area contributed by atoms with Gasteiger partial charge in [-0.05, 0) is 48.3 Å². The van der Waals surface area contributed by atoms with Crippen molar-refractivity contribution in [1.29, 1.82) is 0 Å². The maximum atomic E-state index is 10.4. The van der Waals surface area contributed by atoms with Gasteiger partial charge in [0.15, 0.2) is 0 Å². The molecule has 2 aromatic heterocycles. The van der Waals surface area contributed by atoms with Crippen molar-refractivity contribution in [2.75, 3.05) is 0 Å². The van der Waals surface area contributed by atoms with Crippen molar-refractivity contribution < 1.29 is 5.11 Å². The van der Waals surface area contributed by atoms with Crippen LogP contribution in [-0.2, 0) is 13.5 Å². The van der Waals surface area contributed by atoms with Gasteiger partial charge in [0, 0.05) is 23.2 Å². The van der Waals surface area contributed by atoms with Crippen LogP contribution < -0.4 is 0 Å². The molecular weight excluding hydrogens is 312 g/mol. The molecule has 1 N–H and O–H groups in total. The highest BCUT2D eigenvalue weighted by Gasteiger charge is 2.18. The lowest BCUT2D eigenvalue weighted by atomic mass is 10.1. The van der Waals surface area contributed by atoms with Crippen LogP contribution in [0, 0.1) is 20.8 Å². The van der Waals surface area contributed by atoms with Crippen molar-refractivity contribution in [3.05, 3.63) is 37.2 Å². The summed E-state index contributed by atoms with van der Waals surface area (Å²) in [6, 6.07) is 2.07. The van der Waals surface area contributed by atoms with Crippen molar-refractivity contribution >= 4 is 27.3 Å². The molecule has 1 unspecified atom stereocenters. The zero-order chi connectivity index (χ0) is 13.4. The highest BCUT2D eigenvalue weighted by Crippen LogP contribution is 2.30. The molecule has 0 bridgehead atoms. The number of hydrogen-bond donors (Lipinski definition) is 1. The predicted octanol–water partition coefficient (Wildman–Crippen LogP) is 3.45. The molecule has 0 aromatic carbocycles. The van der Waals surface area contributed by atoms with Crippen molar-refractivity contribution in [3.8, 4) is 0 Å². The molecule has 2 rings (SSSR count). The Kier molecular flexibility index (Phi) is 3.94. The molecule has 0 aliphatic carbocycles. The fourth-order valence-electron chi connectivity index (χ4n) is 2.18. The highest BCUT2D eigenvalue weighted by molar-refractivity contribution is 9.10. The third-order valence-electron chi connectivity index (χ3n) is 3.09. The van der Waals surface area contributed by atoms with Gasteiger partial charge >= 0.3 is 0 Å². The first-order valence-corrected chi connectivity index (χ1v) is 7.44. The van der Waals surface area contributed by atoms with E-state index in [1.54, 1.807) is 11.3 Å². The van der Waals surface area contributed by atoms with Gasteiger partial charge in [-0.2, -0.15) is 5.10 Å². The molecule has 0 fully saturated rings. The molecular formula is C13H17BrN2OS. The second kappa shape index (κ2) is 5.15. The van der Waals surface area contributed by atoms with Gasteiger partial charge in [0.2, 0.25) is 0 Å². The Bertz CT molecular complexity index is 574. The second-order valence-corrected chi connectivity index (χ2v) is 6.81. The zero-order valence-electron chi connectivity index (χ0n) is 11.0. The van der Waals surface area contributed by atoms with Crippen LogP contribution in [0.2, 0.25) is 0 Å². The molecule has 3 nitrogen and oxygen atoms in total. The molecule has 2 heterocycles. The SMILES string of the molecule is Cc1cc(C(O)Cc2c(Br)c(C)nn2C)c(C)s1. The van der Waals surface area contributed by atoms with Crippen LogP contribution in [0.1, 0.15) is 32.8 Å². The van der Waals surface area contributed by atoms with Crippen LogP contribution in [0.3, 0.4) is 0 Å².